The van der Waals surface area contributed by atoms with Crippen LogP contribution in [0.2, 0.25) is 0 Å². The van der Waals surface area contributed by atoms with Crippen molar-refractivity contribution in [3.05, 3.63) is 28.2 Å². The van der Waals surface area contributed by atoms with Gasteiger partial charge >= 0.3 is 0 Å². The molecule has 0 saturated carbocycles. The average molecular weight is 329 g/mol. The molecule has 2 nitrogen and oxygen atoms in total. The molecule has 0 spiro atoms. The van der Waals surface area contributed by atoms with E-state index < -0.39 is 0 Å². The van der Waals surface area contributed by atoms with Gasteiger partial charge in [0.1, 0.15) is 4.99 Å². The molecule has 0 aliphatic rings. The molecule has 0 saturated heterocycles. The molecular weight excluding hydrogens is 308 g/mol. The molecule has 0 radical (unpaired) electrons. The molecule has 1 aromatic carbocycles. The van der Waals surface area contributed by atoms with Gasteiger partial charge in [0.25, 0.3) is 0 Å². The number of rotatable bonds is 6. The maximum atomic E-state index is 5.82. The van der Waals surface area contributed by atoms with Crippen LogP contribution in [0.25, 0.3) is 0 Å². The van der Waals surface area contributed by atoms with Crippen LogP contribution in [-0.4, -0.2) is 10.5 Å². The number of thiocarbonyl (C=S) groups is 1. The van der Waals surface area contributed by atoms with Crippen LogP contribution in [0.5, 0.6) is 0 Å². The molecule has 3 N–H and O–H groups in total. The SMILES string of the molecule is CCC(CC)(CC)Nc1cccc(Br)c1C(N)=S. The van der Waals surface area contributed by atoms with Crippen LogP contribution < -0.4 is 11.1 Å². The first-order valence-corrected chi connectivity index (χ1v) is 7.56. The van der Waals surface area contributed by atoms with Crippen LogP contribution in [0.3, 0.4) is 0 Å². The van der Waals surface area contributed by atoms with E-state index in [1.165, 1.54) is 0 Å². The second-order valence-electron chi connectivity index (χ2n) is 4.49. The minimum Gasteiger partial charge on any atom is -0.389 e. The van der Waals surface area contributed by atoms with Gasteiger partial charge in [0, 0.05) is 21.3 Å². The van der Waals surface area contributed by atoms with E-state index in [4.69, 9.17) is 18.0 Å². The molecule has 0 amide bonds. The highest BCUT2D eigenvalue weighted by molar-refractivity contribution is 9.10. The summed E-state index contributed by atoms with van der Waals surface area (Å²) in [6.45, 7) is 6.62. The van der Waals surface area contributed by atoms with Gasteiger partial charge in [-0.05, 0) is 47.3 Å². The zero-order valence-electron chi connectivity index (χ0n) is 11.2. The summed E-state index contributed by atoms with van der Waals surface area (Å²) in [7, 11) is 0. The fourth-order valence-corrected chi connectivity index (χ4v) is 3.11. The number of benzene rings is 1. The van der Waals surface area contributed by atoms with Gasteiger partial charge in [0.15, 0.2) is 0 Å². The van der Waals surface area contributed by atoms with Gasteiger partial charge in [0.2, 0.25) is 0 Å². The lowest BCUT2D eigenvalue weighted by molar-refractivity contribution is 0.420. The first-order chi connectivity index (χ1) is 8.49. The number of anilines is 1. The summed E-state index contributed by atoms with van der Waals surface area (Å²) < 4.78 is 0.942. The molecule has 0 atom stereocenters. The van der Waals surface area contributed by atoms with Crippen LogP contribution in [0.4, 0.5) is 5.69 Å². The van der Waals surface area contributed by atoms with E-state index >= 15 is 0 Å². The van der Waals surface area contributed by atoms with Crippen LogP contribution in [0.15, 0.2) is 22.7 Å². The Hall–Kier alpha value is -0.610. The molecule has 4 heteroatoms. The van der Waals surface area contributed by atoms with Gasteiger partial charge in [-0.15, -0.1) is 0 Å². The minimum atomic E-state index is 0.111. The van der Waals surface area contributed by atoms with Crippen molar-refractivity contribution in [3.63, 3.8) is 0 Å². The Morgan fingerprint density at radius 3 is 2.28 bits per heavy atom. The Labute approximate surface area is 123 Å². The molecule has 0 bridgehead atoms. The molecule has 0 aliphatic carbocycles. The highest BCUT2D eigenvalue weighted by Crippen LogP contribution is 2.31. The summed E-state index contributed by atoms with van der Waals surface area (Å²) in [5.74, 6) is 0. The van der Waals surface area contributed by atoms with Crippen molar-refractivity contribution >= 4 is 38.8 Å². The largest absolute Gasteiger partial charge is 0.389 e. The molecule has 100 valence electrons. The summed E-state index contributed by atoms with van der Waals surface area (Å²) in [4.78, 5) is 0.419. The second-order valence-corrected chi connectivity index (χ2v) is 5.79. The van der Waals surface area contributed by atoms with Gasteiger partial charge in [-0.1, -0.05) is 39.1 Å². The van der Waals surface area contributed by atoms with E-state index in [-0.39, 0.29) is 5.54 Å². The predicted octanol–water partition coefficient (Wildman–Crippen LogP) is 4.46. The van der Waals surface area contributed by atoms with E-state index in [9.17, 15) is 0 Å². The Morgan fingerprint density at radius 1 is 1.28 bits per heavy atom. The summed E-state index contributed by atoms with van der Waals surface area (Å²) in [5, 5.41) is 3.63. The lowest BCUT2D eigenvalue weighted by Crippen LogP contribution is -2.37. The van der Waals surface area contributed by atoms with Crippen LogP contribution in [-0.2, 0) is 0 Å². The van der Waals surface area contributed by atoms with Crippen molar-refractivity contribution in [2.24, 2.45) is 5.73 Å². The summed E-state index contributed by atoms with van der Waals surface area (Å²) in [5.41, 5.74) is 7.84. The third kappa shape index (κ3) is 3.23. The van der Waals surface area contributed by atoms with Crippen molar-refractivity contribution in [2.45, 2.75) is 45.6 Å². The molecule has 18 heavy (non-hydrogen) atoms. The van der Waals surface area contributed by atoms with E-state index in [0.717, 1.165) is 35.0 Å². The van der Waals surface area contributed by atoms with Gasteiger partial charge < -0.3 is 11.1 Å². The molecule has 1 rings (SSSR count). The lowest BCUT2D eigenvalue weighted by atomic mass is 9.89. The van der Waals surface area contributed by atoms with Crippen molar-refractivity contribution in [1.29, 1.82) is 0 Å². The molecule has 0 aromatic heterocycles. The van der Waals surface area contributed by atoms with Crippen LogP contribution in [0, 0.1) is 0 Å². The summed E-state index contributed by atoms with van der Waals surface area (Å²) in [6, 6.07) is 6.00. The van der Waals surface area contributed by atoms with Crippen LogP contribution in [0.1, 0.15) is 45.6 Å². The topological polar surface area (TPSA) is 38.0 Å². The van der Waals surface area contributed by atoms with Crippen LogP contribution >= 0.6 is 28.1 Å². The Morgan fingerprint density at radius 2 is 1.83 bits per heavy atom. The number of nitrogens with one attached hydrogen (secondary N) is 1. The van der Waals surface area contributed by atoms with Gasteiger partial charge in [0.05, 0.1) is 0 Å². The smallest absolute Gasteiger partial charge is 0.107 e. The maximum absolute atomic E-state index is 5.82. The van der Waals surface area contributed by atoms with Crippen molar-refractivity contribution in [3.8, 4) is 0 Å². The number of halogens is 1. The third-order valence-corrected chi connectivity index (χ3v) is 4.56. The molecule has 0 fully saturated rings. The first-order valence-electron chi connectivity index (χ1n) is 6.36. The predicted molar refractivity (Wildman–Crippen MR) is 87.3 cm³/mol. The fraction of sp³-hybridized carbons (Fsp3) is 0.500. The highest BCUT2D eigenvalue weighted by Gasteiger charge is 2.25. The first kappa shape index (κ1) is 15.4. The molecule has 1 aromatic rings. The Balaban J connectivity index is 3.18. The lowest BCUT2D eigenvalue weighted by Gasteiger charge is -2.34. The average Bonchev–Trinajstić information content (AvgIpc) is 2.35. The Bertz CT molecular complexity index is 420. The van der Waals surface area contributed by atoms with Crippen molar-refractivity contribution in [1.82, 2.24) is 0 Å². The monoisotopic (exact) mass is 328 g/mol. The highest BCUT2D eigenvalue weighted by atomic mass is 79.9. The van der Waals surface area contributed by atoms with Gasteiger partial charge in [-0.3, -0.25) is 0 Å². The zero-order chi connectivity index (χ0) is 13.8. The van der Waals surface area contributed by atoms with E-state index in [2.05, 4.69) is 42.0 Å². The third-order valence-electron chi connectivity index (χ3n) is 3.69. The maximum Gasteiger partial charge on any atom is 0.107 e. The quantitative estimate of drug-likeness (QED) is 0.757. The summed E-state index contributed by atoms with van der Waals surface area (Å²) >= 11 is 8.66. The van der Waals surface area contributed by atoms with E-state index in [1.807, 2.05) is 18.2 Å². The minimum absolute atomic E-state index is 0.111. The number of hydrogen-bond donors (Lipinski definition) is 2. The number of hydrogen-bond acceptors (Lipinski definition) is 2. The number of nitrogens with two attached hydrogens (primary N) is 1. The van der Waals surface area contributed by atoms with Crippen molar-refractivity contribution < 1.29 is 0 Å². The van der Waals surface area contributed by atoms with Gasteiger partial charge in [-0.25, -0.2) is 0 Å². The molecular formula is C14H21BrN2S. The zero-order valence-corrected chi connectivity index (χ0v) is 13.6. The molecule has 0 unspecified atom stereocenters. The van der Waals surface area contributed by atoms with E-state index in [1.54, 1.807) is 0 Å². The standard InChI is InChI=1S/C14H21BrN2S/c1-4-14(5-2,6-3)17-11-9-7-8-10(15)12(11)13(16)18/h7-9,17H,4-6H2,1-3H3,(H2,16,18). The fourth-order valence-electron chi connectivity index (χ4n) is 2.18. The second kappa shape index (κ2) is 6.53. The molecule has 0 aliphatic heterocycles. The molecule has 0 heterocycles. The normalized spacial score (nSPS) is 11.3. The van der Waals surface area contributed by atoms with Crippen molar-refractivity contribution in [2.75, 3.05) is 5.32 Å². The Kier molecular flexibility index (Phi) is 5.60. The van der Waals surface area contributed by atoms with Gasteiger partial charge in [-0.2, -0.15) is 0 Å². The van der Waals surface area contributed by atoms with E-state index in [0.29, 0.717) is 4.99 Å². The summed E-state index contributed by atoms with van der Waals surface area (Å²) in [6.07, 6.45) is 3.22.